The van der Waals surface area contributed by atoms with Gasteiger partial charge in [0.25, 0.3) is 0 Å². The molecule has 0 saturated heterocycles. The Morgan fingerprint density at radius 2 is 2.00 bits per heavy atom. The summed E-state index contributed by atoms with van der Waals surface area (Å²) < 4.78 is 25.8. The van der Waals surface area contributed by atoms with E-state index in [0.29, 0.717) is 25.9 Å². The lowest BCUT2D eigenvalue weighted by atomic mass is 9.86. The molecule has 0 aromatic heterocycles. The van der Waals surface area contributed by atoms with Crippen LogP contribution in [0.1, 0.15) is 32.1 Å². The zero-order valence-corrected chi connectivity index (χ0v) is 9.72. The molecule has 0 heterocycles. The third-order valence-electron chi connectivity index (χ3n) is 3.14. The molecule has 3 nitrogen and oxygen atoms in total. The van der Waals surface area contributed by atoms with Gasteiger partial charge in [0.05, 0.1) is 0 Å². The number of amides is 1. The maximum absolute atomic E-state index is 12.9. The molecule has 1 aliphatic rings. The van der Waals surface area contributed by atoms with Gasteiger partial charge in [-0.1, -0.05) is 0 Å². The zero-order chi connectivity index (χ0) is 12.2. The lowest BCUT2D eigenvalue weighted by molar-refractivity contribution is -0.138. The Kier molecular flexibility index (Phi) is 4.65. The van der Waals surface area contributed by atoms with Gasteiger partial charge in [0, 0.05) is 32.4 Å². The first-order chi connectivity index (χ1) is 7.46. The molecule has 1 amide bonds. The largest absolute Gasteiger partial charge is 0.345 e. The van der Waals surface area contributed by atoms with Gasteiger partial charge in [0.1, 0.15) is 0 Å². The number of hydrogen-bond acceptors (Lipinski definition) is 2. The molecule has 0 radical (unpaired) electrons. The molecule has 1 fully saturated rings. The van der Waals surface area contributed by atoms with Crippen LogP contribution in [-0.4, -0.2) is 36.9 Å². The number of nitrogens with two attached hydrogens (primary N) is 1. The van der Waals surface area contributed by atoms with Gasteiger partial charge >= 0.3 is 0 Å². The van der Waals surface area contributed by atoms with E-state index >= 15 is 0 Å². The van der Waals surface area contributed by atoms with E-state index in [1.807, 2.05) is 0 Å². The van der Waals surface area contributed by atoms with E-state index in [2.05, 4.69) is 0 Å². The van der Waals surface area contributed by atoms with Gasteiger partial charge in [-0.3, -0.25) is 4.79 Å². The van der Waals surface area contributed by atoms with Gasteiger partial charge in [-0.25, -0.2) is 8.78 Å². The molecule has 5 heteroatoms. The smallest absolute Gasteiger partial charge is 0.248 e. The van der Waals surface area contributed by atoms with Crippen molar-refractivity contribution in [2.75, 3.05) is 20.1 Å². The maximum Gasteiger partial charge on any atom is 0.248 e. The molecule has 94 valence electrons. The van der Waals surface area contributed by atoms with Crippen molar-refractivity contribution >= 4 is 5.91 Å². The fourth-order valence-corrected chi connectivity index (χ4v) is 2.04. The maximum atomic E-state index is 12.9. The SMILES string of the molecule is CN(CCCN)C(=O)C1CCC(F)(F)CC1. The third kappa shape index (κ3) is 3.70. The van der Waals surface area contributed by atoms with Crippen LogP contribution in [0.5, 0.6) is 0 Å². The summed E-state index contributed by atoms with van der Waals surface area (Å²) in [6.45, 7) is 1.16. The molecule has 0 aromatic carbocycles. The molecule has 1 rings (SSSR count). The van der Waals surface area contributed by atoms with Gasteiger partial charge in [0.15, 0.2) is 0 Å². The van der Waals surface area contributed by atoms with Crippen LogP contribution in [0, 0.1) is 5.92 Å². The van der Waals surface area contributed by atoms with Crippen LogP contribution < -0.4 is 5.73 Å². The molecule has 1 aliphatic carbocycles. The Morgan fingerprint density at radius 3 is 2.50 bits per heavy atom. The Hall–Kier alpha value is -0.710. The molecule has 0 aliphatic heterocycles. The van der Waals surface area contributed by atoms with Crippen molar-refractivity contribution in [1.82, 2.24) is 4.90 Å². The Balaban J connectivity index is 2.38. The van der Waals surface area contributed by atoms with Gasteiger partial charge < -0.3 is 10.6 Å². The predicted molar refractivity (Wildman–Crippen MR) is 58.2 cm³/mol. The molecule has 0 unspecified atom stereocenters. The zero-order valence-electron chi connectivity index (χ0n) is 9.72. The highest BCUT2D eigenvalue weighted by Gasteiger charge is 2.37. The van der Waals surface area contributed by atoms with Crippen molar-refractivity contribution < 1.29 is 13.6 Å². The summed E-state index contributed by atoms with van der Waals surface area (Å²) in [7, 11) is 1.71. The van der Waals surface area contributed by atoms with Crippen LogP contribution in [0.2, 0.25) is 0 Å². The second-order valence-electron chi connectivity index (χ2n) is 4.53. The highest BCUT2D eigenvalue weighted by molar-refractivity contribution is 5.78. The van der Waals surface area contributed by atoms with Crippen molar-refractivity contribution in [3.05, 3.63) is 0 Å². The quantitative estimate of drug-likeness (QED) is 0.803. The Morgan fingerprint density at radius 1 is 1.44 bits per heavy atom. The first-order valence-electron chi connectivity index (χ1n) is 5.79. The van der Waals surface area contributed by atoms with E-state index in [-0.39, 0.29) is 24.7 Å². The number of hydrogen-bond donors (Lipinski definition) is 1. The van der Waals surface area contributed by atoms with Crippen molar-refractivity contribution in [3.8, 4) is 0 Å². The van der Waals surface area contributed by atoms with Crippen LogP contribution in [-0.2, 0) is 4.79 Å². The molecule has 0 aromatic rings. The minimum Gasteiger partial charge on any atom is -0.345 e. The molecule has 0 bridgehead atoms. The fraction of sp³-hybridized carbons (Fsp3) is 0.909. The molecule has 16 heavy (non-hydrogen) atoms. The van der Waals surface area contributed by atoms with Crippen LogP contribution in [0.25, 0.3) is 0 Å². The lowest BCUT2D eigenvalue weighted by Crippen LogP contribution is -2.38. The summed E-state index contributed by atoms with van der Waals surface area (Å²) in [6, 6.07) is 0. The number of carbonyl (C=O) groups excluding carboxylic acids is 1. The molecular weight excluding hydrogens is 214 g/mol. The number of carbonyl (C=O) groups is 1. The predicted octanol–water partition coefficient (Wildman–Crippen LogP) is 1.62. The summed E-state index contributed by atoms with van der Waals surface area (Å²) in [6.07, 6.45) is 1.05. The average Bonchev–Trinajstić information content (AvgIpc) is 2.25. The lowest BCUT2D eigenvalue weighted by Gasteiger charge is -2.30. The number of alkyl halides is 2. The van der Waals surface area contributed by atoms with E-state index in [0.717, 1.165) is 6.42 Å². The first-order valence-corrected chi connectivity index (χ1v) is 5.79. The Bertz CT molecular complexity index is 236. The van der Waals surface area contributed by atoms with E-state index < -0.39 is 5.92 Å². The first kappa shape index (κ1) is 13.4. The summed E-state index contributed by atoms with van der Waals surface area (Å²) >= 11 is 0. The monoisotopic (exact) mass is 234 g/mol. The molecular formula is C11H20F2N2O. The second kappa shape index (κ2) is 5.57. The van der Waals surface area contributed by atoms with E-state index in [1.165, 1.54) is 0 Å². The highest BCUT2D eigenvalue weighted by atomic mass is 19.3. The molecule has 0 spiro atoms. The van der Waals surface area contributed by atoms with E-state index in [9.17, 15) is 13.6 Å². The third-order valence-corrected chi connectivity index (χ3v) is 3.14. The standard InChI is InChI=1S/C11H20F2N2O/c1-15(8-2-7-14)10(16)9-3-5-11(12,13)6-4-9/h9H,2-8,14H2,1H3. The van der Waals surface area contributed by atoms with Crippen molar-refractivity contribution in [1.29, 1.82) is 0 Å². The summed E-state index contributed by atoms with van der Waals surface area (Å²) in [4.78, 5) is 13.5. The number of halogens is 2. The summed E-state index contributed by atoms with van der Waals surface area (Å²) in [5.41, 5.74) is 5.35. The van der Waals surface area contributed by atoms with Gasteiger partial charge in [-0.05, 0) is 25.8 Å². The topological polar surface area (TPSA) is 46.3 Å². The molecule has 0 atom stereocenters. The number of nitrogens with zero attached hydrogens (tertiary/aromatic N) is 1. The van der Waals surface area contributed by atoms with Crippen LogP contribution in [0.4, 0.5) is 8.78 Å². The second-order valence-corrected chi connectivity index (χ2v) is 4.53. The number of rotatable bonds is 4. The van der Waals surface area contributed by atoms with Crippen molar-refractivity contribution in [2.45, 2.75) is 38.0 Å². The van der Waals surface area contributed by atoms with Crippen molar-refractivity contribution in [2.24, 2.45) is 11.7 Å². The van der Waals surface area contributed by atoms with Gasteiger partial charge in [-0.2, -0.15) is 0 Å². The Labute approximate surface area is 95.0 Å². The normalized spacial score (nSPS) is 20.8. The van der Waals surface area contributed by atoms with Crippen LogP contribution in [0.3, 0.4) is 0 Å². The molecule has 2 N–H and O–H groups in total. The average molecular weight is 234 g/mol. The van der Waals surface area contributed by atoms with E-state index in [1.54, 1.807) is 11.9 Å². The molecule has 1 saturated carbocycles. The van der Waals surface area contributed by atoms with Crippen molar-refractivity contribution in [3.63, 3.8) is 0 Å². The highest BCUT2D eigenvalue weighted by Crippen LogP contribution is 2.36. The van der Waals surface area contributed by atoms with Crippen LogP contribution >= 0.6 is 0 Å². The van der Waals surface area contributed by atoms with Gasteiger partial charge in [0.2, 0.25) is 11.8 Å². The fourth-order valence-electron chi connectivity index (χ4n) is 2.04. The van der Waals surface area contributed by atoms with E-state index in [4.69, 9.17) is 5.73 Å². The summed E-state index contributed by atoms with van der Waals surface area (Å²) in [5.74, 6) is -2.79. The van der Waals surface area contributed by atoms with Crippen LogP contribution in [0.15, 0.2) is 0 Å². The minimum absolute atomic E-state index is 0.0102. The summed E-state index contributed by atoms with van der Waals surface area (Å²) in [5, 5.41) is 0. The minimum atomic E-state index is -2.56. The van der Waals surface area contributed by atoms with Gasteiger partial charge in [-0.15, -0.1) is 0 Å².